The van der Waals surface area contributed by atoms with Crippen molar-refractivity contribution >= 4 is 5.82 Å². The summed E-state index contributed by atoms with van der Waals surface area (Å²) in [4.78, 5) is 4.24. The van der Waals surface area contributed by atoms with Gasteiger partial charge in [0.1, 0.15) is 5.82 Å². The fourth-order valence-corrected chi connectivity index (χ4v) is 0.873. The molecule has 0 saturated heterocycles. The van der Waals surface area contributed by atoms with Crippen LogP contribution in [0, 0.1) is 0 Å². The molecule has 0 aliphatic carbocycles. The van der Waals surface area contributed by atoms with Crippen molar-refractivity contribution in [2.45, 2.75) is 13.5 Å². The second-order valence-corrected chi connectivity index (χ2v) is 2.25. The number of aromatic nitrogens is 1. The maximum Gasteiger partial charge on any atom is 0.126 e. The van der Waals surface area contributed by atoms with E-state index in [0.29, 0.717) is 6.54 Å². The number of nitrogens with zero attached hydrogens (tertiary/aromatic N) is 1. The van der Waals surface area contributed by atoms with Crippen molar-refractivity contribution in [3.05, 3.63) is 23.9 Å². The van der Waals surface area contributed by atoms with Gasteiger partial charge < -0.3 is 11.1 Å². The van der Waals surface area contributed by atoms with Crippen molar-refractivity contribution in [2.75, 3.05) is 11.9 Å². The van der Waals surface area contributed by atoms with Gasteiger partial charge in [0.2, 0.25) is 0 Å². The summed E-state index contributed by atoms with van der Waals surface area (Å²) < 4.78 is 0. The predicted octanol–water partition coefficient (Wildman–Crippen LogP) is 0.972. The molecule has 0 atom stereocenters. The number of rotatable bonds is 3. The number of hydrogen-bond donors (Lipinski definition) is 2. The molecule has 3 nitrogen and oxygen atoms in total. The van der Waals surface area contributed by atoms with E-state index in [-0.39, 0.29) is 0 Å². The van der Waals surface area contributed by atoms with Gasteiger partial charge in [0.05, 0.1) is 5.69 Å². The van der Waals surface area contributed by atoms with Crippen molar-refractivity contribution in [3.8, 4) is 0 Å². The number of hydrogen-bond acceptors (Lipinski definition) is 3. The van der Waals surface area contributed by atoms with Crippen LogP contribution in [0.15, 0.2) is 18.2 Å². The van der Waals surface area contributed by atoms with Crippen LogP contribution < -0.4 is 11.1 Å². The molecule has 1 aromatic rings. The molecular formula is C8H13N3. The average molecular weight is 151 g/mol. The molecule has 60 valence electrons. The molecule has 1 heterocycles. The molecule has 3 N–H and O–H groups in total. The van der Waals surface area contributed by atoms with E-state index in [1.165, 1.54) is 0 Å². The standard InChI is InChI=1S/C8H13N3/c1-2-10-8-5-3-4-7(6-9)11-8/h3-5H,2,6,9H2,1H3,(H,10,11). The van der Waals surface area contributed by atoms with Crippen LogP contribution in [0.4, 0.5) is 5.82 Å². The summed E-state index contributed by atoms with van der Waals surface area (Å²) in [7, 11) is 0. The number of pyridine rings is 1. The van der Waals surface area contributed by atoms with Gasteiger partial charge in [-0.05, 0) is 19.1 Å². The smallest absolute Gasteiger partial charge is 0.126 e. The third kappa shape index (κ3) is 2.20. The minimum Gasteiger partial charge on any atom is -0.370 e. The first-order valence-corrected chi connectivity index (χ1v) is 3.76. The van der Waals surface area contributed by atoms with Crippen LogP contribution in [0.25, 0.3) is 0 Å². The maximum atomic E-state index is 5.42. The quantitative estimate of drug-likeness (QED) is 0.676. The molecule has 0 amide bonds. The van der Waals surface area contributed by atoms with Crippen LogP contribution in [0.3, 0.4) is 0 Å². The molecule has 0 fully saturated rings. The molecule has 1 rings (SSSR count). The van der Waals surface area contributed by atoms with Crippen LogP contribution in [0.1, 0.15) is 12.6 Å². The number of anilines is 1. The predicted molar refractivity (Wildman–Crippen MR) is 46.3 cm³/mol. The summed E-state index contributed by atoms with van der Waals surface area (Å²) in [6.07, 6.45) is 0. The maximum absolute atomic E-state index is 5.42. The van der Waals surface area contributed by atoms with E-state index in [9.17, 15) is 0 Å². The van der Waals surface area contributed by atoms with E-state index in [0.717, 1.165) is 18.1 Å². The van der Waals surface area contributed by atoms with Crippen LogP contribution >= 0.6 is 0 Å². The third-order valence-electron chi connectivity index (χ3n) is 1.37. The molecule has 0 bridgehead atoms. The largest absolute Gasteiger partial charge is 0.370 e. The Bertz CT molecular complexity index is 222. The van der Waals surface area contributed by atoms with Gasteiger partial charge in [-0.1, -0.05) is 6.07 Å². The molecule has 0 radical (unpaired) electrons. The molecule has 3 heteroatoms. The first kappa shape index (κ1) is 8.01. The Balaban J connectivity index is 2.74. The Morgan fingerprint density at radius 2 is 2.36 bits per heavy atom. The zero-order valence-electron chi connectivity index (χ0n) is 6.67. The van der Waals surface area contributed by atoms with Crippen LogP contribution in [0.2, 0.25) is 0 Å². The minimum atomic E-state index is 0.499. The van der Waals surface area contributed by atoms with Gasteiger partial charge in [-0.15, -0.1) is 0 Å². The van der Waals surface area contributed by atoms with Crippen LogP contribution in [-0.2, 0) is 6.54 Å². The molecule has 1 aromatic heterocycles. The summed E-state index contributed by atoms with van der Waals surface area (Å²) in [6.45, 7) is 3.43. The Labute approximate surface area is 66.6 Å². The highest BCUT2D eigenvalue weighted by Gasteiger charge is 1.92. The highest BCUT2D eigenvalue weighted by Crippen LogP contribution is 2.02. The third-order valence-corrected chi connectivity index (χ3v) is 1.37. The molecule has 0 saturated carbocycles. The normalized spacial score (nSPS) is 9.64. The van der Waals surface area contributed by atoms with Gasteiger partial charge in [0, 0.05) is 13.1 Å². The van der Waals surface area contributed by atoms with Gasteiger partial charge in [-0.3, -0.25) is 0 Å². The lowest BCUT2D eigenvalue weighted by atomic mass is 10.3. The van der Waals surface area contributed by atoms with Crippen molar-refractivity contribution in [2.24, 2.45) is 5.73 Å². The molecule has 0 spiro atoms. The summed E-state index contributed by atoms with van der Waals surface area (Å²) in [5.41, 5.74) is 6.34. The van der Waals surface area contributed by atoms with E-state index >= 15 is 0 Å². The highest BCUT2D eigenvalue weighted by atomic mass is 15.0. The zero-order valence-corrected chi connectivity index (χ0v) is 6.67. The lowest BCUT2D eigenvalue weighted by Gasteiger charge is -2.02. The monoisotopic (exact) mass is 151 g/mol. The summed E-state index contributed by atoms with van der Waals surface area (Å²) in [5, 5.41) is 3.12. The fraction of sp³-hybridized carbons (Fsp3) is 0.375. The van der Waals surface area contributed by atoms with Gasteiger partial charge in [0.15, 0.2) is 0 Å². The SMILES string of the molecule is CCNc1cccc(CN)n1. The fourth-order valence-electron chi connectivity index (χ4n) is 0.873. The Hall–Kier alpha value is -1.09. The van der Waals surface area contributed by atoms with Crippen molar-refractivity contribution < 1.29 is 0 Å². The van der Waals surface area contributed by atoms with E-state index in [2.05, 4.69) is 10.3 Å². The van der Waals surface area contributed by atoms with E-state index < -0.39 is 0 Å². The van der Waals surface area contributed by atoms with Gasteiger partial charge in [0.25, 0.3) is 0 Å². The summed E-state index contributed by atoms with van der Waals surface area (Å²) in [6, 6.07) is 5.80. The molecule has 0 aromatic carbocycles. The Morgan fingerprint density at radius 1 is 1.55 bits per heavy atom. The second-order valence-electron chi connectivity index (χ2n) is 2.25. The Morgan fingerprint density at radius 3 is 3.00 bits per heavy atom. The molecule has 0 unspecified atom stereocenters. The zero-order chi connectivity index (χ0) is 8.10. The van der Waals surface area contributed by atoms with E-state index in [1.54, 1.807) is 0 Å². The van der Waals surface area contributed by atoms with E-state index in [1.807, 2.05) is 25.1 Å². The lowest BCUT2D eigenvalue weighted by molar-refractivity contribution is 0.985. The molecular weight excluding hydrogens is 138 g/mol. The lowest BCUT2D eigenvalue weighted by Crippen LogP contribution is -2.03. The van der Waals surface area contributed by atoms with Gasteiger partial charge in [-0.25, -0.2) is 4.98 Å². The first-order valence-electron chi connectivity index (χ1n) is 3.76. The van der Waals surface area contributed by atoms with Gasteiger partial charge >= 0.3 is 0 Å². The van der Waals surface area contributed by atoms with Crippen LogP contribution in [-0.4, -0.2) is 11.5 Å². The number of nitrogens with two attached hydrogens (primary N) is 1. The summed E-state index contributed by atoms with van der Waals surface area (Å²) in [5.74, 6) is 0.899. The molecule has 0 aliphatic heterocycles. The van der Waals surface area contributed by atoms with Crippen molar-refractivity contribution in [3.63, 3.8) is 0 Å². The average Bonchev–Trinajstić information content (AvgIpc) is 2.06. The molecule has 0 aliphatic rings. The van der Waals surface area contributed by atoms with Crippen LogP contribution in [0.5, 0.6) is 0 Å². The second kappa shape index (κ2) is 3.93. The first-order chi connectivity index (χ1) is 5.36. The van der Waals surface area contributed by atoms with E-state index in [4.69, 9.17) is 5.73 Å². The van der Waals surface area contributed by atoms with Crippen molar-refractivity contribution in [1.82, 2.24) is 4.98 Å². The Kier molecular flexibility index (Phi) is 2.86. The topological polar surface area (TPSA) is 50.9 Å². The summed E-state index contributed by atoms with van der Waals surface area (Å²) >= 11 is 0. The minimum absolute atomic E-state index is 0.499. The highest BCUT2D eigenvalue weighted by molar-refractivity contribution is 5.34. The number of nitrogens with one attached hydrogen (secondary N) is 1. The molecule has 11 heavy (non-hydrogen) atoms. The van der Waals surface area contributed by atoms with Crippen molar-refractivity contribution in [1.29, 1.82) is 0 Å². The van der Waals surface area contributed by atoms with Gasteiger partial charge in [-0.2, -0.15) is 0 Å².